The van der Waals surface area contributed by atoms with Crippen LogP contribution in [-0.4, -0.2) is 17.6 Å². The molecule has 0 unspecified atom stereocenters. The topological polar surface area (TPSA) is 62.6 Å². The molecule has 0 radical (unpaired) electrons. The molecule has 0 bridgehead atoms. The van der Waals surface area contributed by atoms with Crippen LogP contribution in [0.2, 0.25) is 0 Å². The Labute approximate surface area is 167 Å². The van der Waals surface area contributed by atoms with E-state index in [4.69, 9.17) is 4.42 Å². The van der Waals surface area contributed by atoms with Crippen molar-refractivity contribution in [3.63, 3.8) is 0 Å². The van der Waals surface area contributed by atoms with Crippen molar-refractivity contribution in [2.75, 3.05) is 16.0 Å². The molecule has 1 aliphatic heterocycles. The van der Waals surface area contributed by atoms with Gasteiger partial charge in [-0.1, -0.05) is 37.3 Å². The van der Waals surface area contributed by atoms with Crippen LogP contribution >= 0.6 is 11.8 Å². The summed E-state index contributed by atoms with van der Waals surface area (Å²) in [6.07, 6.45) is 2.34. The number of hydrogen-bond acceptors (Lipinski definition) is 4. The summed E-state index contributed by atoms with van der Waals surface area (Å²) in [4.78, 5) is 26.6. The van der Waals surface area contributed by atoms with E-state index in [1.54, 1.807) is 23.9 Å². The summed E-state index contributed by atoms with van der Waals surface area (Å²) in [5.41, 5.74) is 3.84. The Morgan fingerprint density at radius 2 is 1.93 bits per heavy atom. The number of anilines is 2. The molecule has 4 rings (SSSR count). The van der Waals surface area contributed by atoms with Crippen molar-refractivity contribution >= 4 is 35.0 Å². The van der Waals surface area contributed by atoms with Crippen LogP contribution in [0.3, 0.4) is 0 Å². The zero-order valence-electron chi connectivity index (χ0n) is 15.4. The van der Waals surface area contributed by atoms with Crippen molar-refractivity contribution in [1.29, 1.82) is 0 Å². The number of carbonyl (C=O) groups is 2. The molecule has 5 nitrogen and oxygen atoms in total. The fourth-order valence-electron chi connectivity index (χ4n) is 3.31. The maximum absolute atomic E-state index is 12.6. The third-order valence-electron chi connectivity index (χ3n) is 4.70. The molecule has 1 saturated heterocycles. The summed E-state index contributed by atoms with van der Waals surface area (Å²) in [6, 6.07) is 18.9. The second kappa shape index (κ2) is 7.94. The largest absolute Gasteiger partial charge is 0.459 e. The molecule has 1 N–H and O–H groups in total. The van der Waals surface area contributed by atoms with E-state index in [-0.39, 0.29) is 22.9 Å². The molecule has 6 heteroatoms. The third-order valence-corrected chi connectivity index (χ3v) is 5.91. The van der Waals surface area contributed by atoms with Gasteiger partial charge in [0.1, 0.15) is 5.37 Å². The van der Waals surface area contributed by atoms with E-state index in [1.165, 1.54) is 6.26 Å². The molecule has 2 aromatic carbocycles. The molecule has 1 aromatic heterocycles. The number of nitrogens with one attached hydrogen (secondary N) is 1. The average molecular weight is 392 g/mol. The van der Waals surface area contributed by atoms with Crippen LogP contribution in [0.25, 0.3) is 0 Å². The van der Waals surface area contributed by atoms with Crippen LogP contribution in [-0.2, 0) is 11.2 Å². The monoisotopic (exact) mass is 392 g/mol. The van der Waals surface area contributed by atoms with Crippen LogP contribution in [0, 0.1) is 0 Å². The summed E-state index contributed by atoms with van der Waals surface area (Å²) in [7, 11) is 0. The standard InChI is InChI=1S/C22H20N2O3S/c1-2-15-6-3-4-7-18(15)24-20(25)14-28-22(24)16-9-11-17(12-10-16)23-21(26)19-8-5-13-27-19/h3-13,22H,2,14H2,1H3,(H,23,26)/t22-/m1/s1. The highest BCUT2D eigenvalue weighted by Gasteiger charge is 2.34. The maximum Gasteiger partial charge on any atom is 0.291 e. The molecule has 0 saturated carbocycles. The number of amides is 2. The van der Waals surface area contributed by atoms with Gasteiger partial charge in [0.25, 0.3) is 5.91 Å². The Morgan fingerprint density at radius 3 is 2.64 bits per heavy atom. The van der Waals surface area contributed by atoms with Gasteiger partial charge in [0, 0.05) is 11.4 Å². The molecular weight excluding hydrogens is 372 g/mol. The molecule has 3 aromatic rings. The first-order valence-electron chi connectivity index (χ1n) is 9.13. The molecule has 2 heterocycles. The fraction of sp³-hybridized carbons (Fsp3) is 0.182. The average Bonchev–Trinajstić information content (AvgIpc) is 3.39. The van der Waals surface area contributed by atoms with Gasteiger partial charge in [-0.15, -0.1) is 11.8 Å². The zero-order valence-corrected chi connectivity index (χ0v) is 16.2. The summed E-state index contributed by atoms with van der Waals surface area (Å²) >= 11 is 1.62. The Morgan fingerprint density at radius 1 is 1.14 bits per heavy atom. The van der Waals surface area contributed by atoms with E-state index in [0.717, 1.165) is 23.2 Å². The maximum atomic E-state index is 12.6. The van der Waals surface area contributed by atoms with Crippen molar-refractivity contribution in [2.45, 2.75) is 18.7 Å². The van der Waals surface area contributed by atoms with E-state index in [0.29, 0.717) is 11.4 Å². The Hall–Kier alpha value is -2.99. The molecule has 2 amide bonds. The van der Waals surface area contributed by atoms with Crippen molar-refractivity contribution < 1.29 is 14.0 Å². The van der Waals surface area contributed by atoms with E-state index in [2.05, 4.69) is 18.3 Å². The zero-order chi connectivity index (χ0) is 19.5. The minimum absolute atomic E-state index is 0.0741. The number of furan rings is 1. The third kappa shape index (κ3) is 3.55. The number of carbonyl (C=O) groups excluding carboxylic acids is 2. The van der Waals surface area contributed by atoms with Crippen LogP contribution < -0.4 is 10.2 Å². The lowest BCUT2D eigenvalue weighted by Crippen LogP contribution is -2.28. The quantitative estimate of drug-likeness (QED) is 0.673. The van der Waals surface area contributed by atoms with Crippen molar-refractivity contribution in [1.82, 2.24) is 0 Å². The number of thioether (sulfide) groups is 1. The van der Waals surface area contributed by atoms with Crippen LogP contribution in [0.4, 0.5) is 11.4 Å². The first kappa shape index (κ1) is 18.4. The molecule has 28 heavy (non-hydrogen) atoms. The highest BCUT2D eigenvalue weighted by molar-refractivity contribution is 8.00. The van der Waals surface area contributed by atoms with Gasteiger partial charge < -0.3 is 9.73 Å². The summed E-state index contributed by atoms with van der Waals surface area (Å²) in [6.45, 7) is 2.10. The highest BCUT2D eigenvalue weighted by Crippen LogP contribution is 2.43. The molecule has 1 aliphatic rings. The van der Waals surface area contributed by atoms with E-state index >= 15 is 0 Å². The van der Waals surface area contributed by atoms with Gasteiger partial charge >= 0.3 is 0 Å². The number of aryl methyl sites for hydroxylation is 1. The van der Waals surface area contributed by atoms with Gasteiger partial charge in [0.2, 0.25) is 5.91 Å². The Kier molecular flexibility index (Phi) is 5.21. The van der Waals surface area contributed by atoms with Gasteiger partial charge in [-0.05, 0) is 47.9 Å². The first-order valence-corrected chi connectivity index (χ1v) is 10.2. The van der Waals surface area contributed by atoms with E-state index < -0.39 is 0 Å². The second-order valence-electron chi connectivity index (χ2n) is 6.46. The lowest BCUT2D eigenvalue weighted by atomic mass is 10.1. The van der Waals surface area contributed by atoms with Crippen molar-refractivity contribution in [3.05, 3.63) is 83.8 Å². The smallest absolute Gasteiger partial charge is 0.291 e. The fourth-order valence-corrected chi connectivity index (χ4v) is 4.48. The molecule has 142 valence electrons. The summed E-state index contributed by atoms with van der Waals surface area (Å²) in [5.74, 6) is 0.552. The van der Waals surface area contributed by atoms with Crippen LogP contribution in [0.15, 0.2) is 71.3 Å². The van der Waals surface area contributed by atoms with Crippen LogP contribution in [0.5, 0.6) is 0 Å². The predicted octanol–water partition coefficient (Wildman–Crippen LogP) is 4.87. The highest BCUT2D eigenvalue weighted by atomic mass is 32.2. The lowest BCUT2D eigenvalue weighted by molar-refractivity contribution is -0.115. The van der Waals surface area contributed by atoms with Gasteiger partial charge in [-0.3, -0.25) is 14.5 Å². The van der Waals surface area contributed by atoms with Crippen LogP contribution in [0.1, 0.15) is 34.0 Å². The molecule has 1 fully saturated rings. The predicted molar refractivity (Wildman–Crippen MR) is 112 cm³/mol. The summed E-state index contributed by atoms with van der Waals surface area (Å²) in [5, 5.41) is 2.74. The van der Waals surface area contributed by atoms with Gasteiger partial charge in [0.15, 0.2) is 5.76 Å². The Balaban J connectivity index is 1.56. The molecule has 1 atom stereocenters. The summed E-state index contributed by atoms with van der Waals surface area (Å²) < 4.78 is 5.11. The van der Waals surface area contributed by atoms with Gasteiger partial charge in [0.05, 0.1) is 12.0 Å². The van der Waals surface area contributed by atoms with Gasteiger partial charge in [-0.2, -0.15) is 0 Å². The first-order chi connectivity index (χ1) is 13.7. The Bertz CT molecular complexity index is 983. The molecular formula is C22H20N2O3S. The molecule has 0 spiro atoms. The number of rotatable bonds is 5. The van der Waals surface area contributed by atoms with E-state index in [1.807, 2.05) is 47.4 Å². The second-order valence-corrected chi connectivity index (χ2v) is 7.53. The van der Waals surface area contributed by atoms with E-state index in [9.17, 15) is 9.59 Å². The number of nitrogens with zero attached hydrogens (tertiary/aromatic N) is 1. The number of benzene rings is 2. The lowest BCUT2D eigenvalue weighted by Gasteiger charge is -2.26. The van der Waals surface area contributed by atoms with Gasteiger partial charge in [-0.25, -0.2) is 0 Å². The van der Waals surface area contributed by atoms with Crippen molar-refractivity contribution in [2.24, 2.45) is 0 Å². The van der Waals surface area contributed by atoms with Crippen molar-refractivity contribution in [3.8, 4) is 0 Å². The molecule has 0 aliphatic carbocycles. The normalized spacial score (nSPS) is 16.4. The minimum atomic E-state index is -0.290. The SMILES string of the molecule is CCc1ccccc1N1C(=O)CS[C@@H]1c1ccc(NC(=O)c2ccco2)cc1. The number of para-hydroxylation sites is 1. The minimum Gasteiger partial charge on any atom is -0.459 e. The number of hydrogen-bond donors (Lipinski definition) is 1.